The second-order valence-electron chi connectivity index (χ2n) is 5.94. The van der Waals surface area contributed by atoms with Crippen LogP contribution in [0.5, 0.6) is 0 Å². The maximum Gasteiger partial charge on any atom is 0.345 e. The van der Waals surface area contributed by atoms with Gasteiger partial charge in [0.1, 0.15) is 5.69 Å². The zero-order chi connectivity index (χ0) is 17.1. The molecule has 0 aliphatic rings. The molecule has 3 aromatic heterocycles. The summed E-state index contributed by atoms with van der Waals surface area (Å²) in [5.41, 5.74) is 1.76. The van der Waals surface area contributed by atoms with E-state index in [-0.39, 0.29) is 12.2 Å². The summed E-state index contributed by atoms with van der Waals surface area (Å²) >= 11 is 0. The SMILES string of the molecule is CC(C)Cc1cc(C(=O)NCc2cnn3cccnc23)nc(=O)[nH]1. The van der Waals surface area contributed by atoms with Crippen LogP contribution in [0.25, 0.3) is 5.65 Å². The topological polar surface area (TPSA) is 105 Å². The lowest BCUT2D eigenvalue weighted by Gasteiger charge is -2.07. The quantitative estimate of drug-likeness (QED) is 0.726. The van der Waals surface area contributed by atoms with E-state index in [0.29, 0.717) is 23.7 Å². The molecule has 0 spiro atoms. The van der Waals surface area contributed by atoms with E-state index in [9.17, 15) is 9.59 Å². The summed E-state index contributed by atoms with van der Waals surface area (Å²) in [5, 5.41) is 6.92. The van der Waals surface area contributed by atoms with E-state index in [0.717, 1.165) is 5.56 Å². The number of rotatable bonds is 5. The first-order valence-electron chi connectivity index (χ1n) is 7.68. The first kappa shape index (κ1) is 15.9. The Morgan fingerprint density at radius 3 is 3.04 bits per heavy atom. The van der Waals surface area contributed by atoms with E-state index in [4.69, 9.17) is 0 Å². The first-order valence-corrected chi connectivity index (χ1v) is 7.68. The van der Waals surface area contributed by atoms with Gasteiger partial charge < -0.3 is 10.3 Å². The standard InChI is InChI=1S/C16H18N6O2/c1-10(2)6-12-7-13(21-16(24)20-12)15(23)18-8-11-9-19-22-5-3-4-17-14(11)22/h3-5,7,9-10H,6,8H2,1-2H3,(H,18,23)(H,20,21,24). The molecule has 0 aliphatic carbocycles. The number of aromatic nitrogens is 5. The molecule has 3 heterocycles. The van der Waals surface area contributed by atoms with Gasteiger partial charge in [0.2, 0.25) is 0 Å². The molecular weight excluding hydrogens is 308 g/mol. The summed E-state index contributed by atoms with van der Waals surface area (Å²) in [6, 6.07) is 3.39. The normalized spacial score (nSPS) is 11.1. The van der Waals surface area contributed by atoms with Crippen LogP contribution >= 0.6 is 0 Å². The molecule has 2 N–H and O–H groups in total. The third-order valence-corrected chi connectivity index (χ3v) is 3.45. The van der Waals surface area contributed by atoms with E-state index >= 15 is 0 Å². The fourth-order valence-electron chi connectivity index (χ4n) is 2.44. The van der Waals surface area contributed by atoms with Crippen molar-refractivity contribution in [3.8, 4) is 0 Å². The highest BCUT2D eigenvalue weighted by Gasteiger charge is 2.12. The predicted molar refractivity (Wildman–Crippen MR) is 87.6 cm³/mol. The maximum absolute atomic E-state index is 12.3. The third kappa shape index (κ3) is 3.48. The summed E-state index contributed by atoms with van der Waals surface area (Å²) in [4.78, 5) is 34.6. The molecule has 8 nitrogen and oxygen atoms in total. The van der Waals surface area contributed by atoms with Gasteiger partial charge in [-0.1, -0.05) is 13.8 Å². The molecule has 24 heavy (non-hydrogen) atoms. The molecule has 0 aliphatic heterocycles. The van der Waals surface area contributed by atoms with Crippen LogP contribution in [-0.2, 0) is 13.0 Å². The monoisotopic (exact) mass is 326 g/mol. The molecule has 1 amide bonds. The fourth-order valence-corrected chi connectivity index (χ4v) is 2.44. The van der Waals surface area contributed by atoms with Gasteiger partial charge in [0.25, 0.3) is 5.91 Å². The molecule has 124 valence electrons. The van der Waals surface area contributed by atoms with Crippen molar-refractivity contribution in [2.24, 2.45) is 5.92 Å². The van der Waals surface area contributed by atoms with Gasteiger partial charge in [0, 0.05) is 30.2 Å². The molecule has 0 saturated heterocycles. The van der Waals surface area contributed by atoms with Crippen LogP contribution in [0.4, 0.5) is 0 Å². The zero-order valence-electron chi connectivity index (χ0n) is 13.5. The van der Waals surface area contributed by atoms with Crippen LogP contribution in [-0.4, -0.2) is 30.5 Å². The van der Waals surface area contributed by atoms with Crippen molar-refractivity contribution in [2.75, 3.05) is 0 Å². The minimum absolute atomic E-state index is 0.110. The van der Waals surface area contributed by atoms with Crippen LogP contribution in [0.3, 0.4) is 0 Å². The number of fused-ring (bicyclic) bond motifs is 1. The Kier molecular flexibility index (Phi) is 4.37. The number of H-pyrrole nitrogens is 1. The maximum atomic E-state index is 12.3. The summed E-state index contributed by atoms with van der Waals surface area (Å²) in [6.45, 7) is 4.33. The molecule has 0 bridgehead atoms. The lowest BCUT2D eigenvalue weighted by molar-refractivity contribution is 0.0945. The van der Waals surface area contributed by atoms with Crippen LogP contribution in [0.15, 0.2) is 35.5 Å². The van der Waals surface area contributed by atoms with Crippen molar-refractivity contribution in [1.82, 2.24) is 29.9 Å². The number of carbonyl (C=O) groups is 1. The Bertz CT molecular complexity index is 927. The molecule has 0 aromatic carbocycles. The molecule has 0 radical (unpaired) electrons. The van der Waals surface area contributed by atoms with Gasteiger partial charge in [0.15, 0.2) is 5.65 Å². The Labute approximate surface area is 138 Å². The average molecular weight is 326 g/mol. The van der Waals surface area contributed by atoms with Crippen LogP contribution in [0, 0.1) is 5.92 Å². The van der Waals surface area contributed by atoms with Crippen LogP contribution in [0.1, 0.15) is 35.6 Å². The lowest BCUT2D eigenvalue weighted by Crippen LogP contribution is -2.27. The summed E-state index contributed by atoms with van der Waals surface area (Å²) in [5.74, 6) is -0.0368. The van der Waals surface area contributed by atoms with Gasteiger partial charge in [-0.05, 0) is 24.5 Å². The van der Waals surface area contributed by atoms with Crippen molar-refractivity contribution in [3.05, 3.63) is 58.2 Å². The molecule has 0 fully saturated rings. The molecule has 0 atom stereocenters. The smallest absolute Gasteiger partial charge is 0.345 e. The van der Waals surface area contributed by atoms with Gasteiger partial charge >= 0.3 is 5.69 Å². The number of hydrogen-bond donors (Lipinski definition) is 2. The van der Waals surface area contributed by atoms with E-state index in [1.165, 1.54) is 0 Å². The molecule has 3 rings (SSSR count). The predicted octanol–water partition coefficient (Wildman–Crippen LogP) is 0.941. The number of nitrogens with one attached hydrogen (secondary N) is 2. The van der Waals surface area contributed by atoms with Gasteiger partial charge in [-0.25, -0.2) is 14.3 Å². The number of carbonyl (C=O) groups excluding carboxylic acids is 1. The number of nitrogens with zero attached hydrogens (tertiary/aromatic N) is 4. The highest BCUT2D eigenvalue weighted by atomic mass is 16.2. The lowest BCUT2D eigenvalue weighted by atomic mass is 10.1. The van der Waals surface area contributed by atoms with E-state index in [1.807, 2.05) is 13.8 Å². The average Bonchev–Trinajstić information content (AvgIpc) is 2.94. The van der Waals surface area contributed by atoms with E-state index in [2.05, 4.69) is 25.4 Å². The molecule has 0 unspecified atom stereocenters. The Morgan fingerprint density at radius 2 is 2.25 bits per heavy atom. The minimum atomic E-state index is -0.518. The number of amides is 1. The fraction of sp³-hybridized carbons (Fsp3) is 0.312. The van der Waals surface area contributed by atoms with Gasteiger partial charge in [-0.2, -0.15) is 10.1 Å². The molecule has 8 heteroatoms. The van der Waals surface area contributed by atoms with Crippen molar-refractivity contribution in [2.45, 2.75) is 26.8 Å². The highest BCUT2D eigenvalue weighted by molar-refractivity contribution is 5.92. The number of hydrogen-bond acceptors (Lipinski definition) is 5. The Hall–Kier alpha value is -3.03. The Balaban J connectivity index is 1.75. The second-order valence-corrected chi connectivity index (χ2v) is 5.94. The summed E-state index contributed by atoms with van der Waals surface area (Å²) in [7, 11) is 0. The van der Waals surface area contributed by atoms with E-state index in [1.54, 1.807) is 35.2 Å². The zero-order valence-corrected chi connectivity index (χ0v) is 13.5. The number of aromatic amines is 1. The van der Waals surface area contributed by atoms with Crippen LogP contribution in [0.2, 0.25) is 0 Å². The minimum Gasteiger partial charge on any atom is -0.346 e. The van der Waals surface area contributed by atoms with Crippen LogP contribution < -0.4 is 11.0 Å². The first-order chi connectivity index (χ1) is 11.5. The molecular formula is C16H18N6O2. The van der Waals surface area contributed by atoms with Crippen molar-refractivity contribution < 1.29 is 4.79 Å². The second kappa shape index (κ2) is 6.61. The molecule has 3 aromatic rings. The molecule has 0 saturated carbocycles. The van der Waals surface area contributed by atoms with Gasteiger partial charge in [-0.3, -0.25) is 4.79 Å². The third-order valence-electron chi connectivity index (χ3n) is 3.45. The largest absolute Gasteiger partial charge is 0.346 e. The summed E-state index contributed by atoms with van der Waals surface area (Å²) in [6.07, 6.45) is 5.77. The summed E-state index contributed by atoms with van der Waals surface area (Å²) < 4.78 is 1.63. The van der Waals surface area contributed by atoms with Gasteiger partial charge in [-0.15, -0.1) is 0 Å². The van der Waals surface area contributed by atoms with Crippen molar-refractivity contribution in [1.29, 1.82) is 0 Å². The van der Waals surface area contributed by atoms with E-state index < -0.39 is 11.6 Å². The Morgan fingerprint density at radius 1 is 1.42 bits per heavy atom. The van der Waals surface area contributed by atoms with Crippen molar-refractivity contribution in [3.63, 3.8) is 0 Å². The van der Waals surface area contributed by atoms with Crippen molar-refractivity contribution >= 4 is 11.6 Å². The highest BCUT2D eigenvalue weighted by Crippen LogP contribution is 2.08. The van der Waals surface area contributed by atoms with Gasteiger partial charge in [0.05, 0.1) is 6.20 Å².